The summed E-state index contributed by atoms with van der Waals surface area (Å²) in [5.74, 6) is 1.16. The Morgan fingerprint density at radius 3 is 2.54 bits per heavy atom. The number of hydrogen-bond acceptors (Lipinski definition) is 6. The van der Waals surface area contributed by atoms with Gasteiger partial charge >= 0.3 is 0 Å². The highest BCUT2D eigenvalue weighted by molar-refractivity contribution is 5.87. The van der Waals surface area contributed by atoms with Crippen LogP contribution in [0.5, 0.6) is 5.75 Å². The van der Waals surface area contributed by atoms with Crippen molar-refractivity contribution in [1.29, 1.82) is 10.5 Å². The van der Waals surface area contributed by atoms with Crippen LogP contribution in [-0.4, -0.2) is 21.9 Å². The molecule has 0 fully saturated rings. The van der Waals surface area contributed by atoms with Crippen molar-refractivity contribution in [2.75, 3.05) is 7.11 Å². The maximum atomic E-state index is 9.48. The maximum Gasteiger partial charge on any atom is 0.258 e. The van der Waals surface area contributed by atoms with E-state index in [4.69, 9.17) is 14.4 Å². The topological polar surface area (TPSA) is 101 Å². The lowest BCUT2D eigenvalue weighted by Gasteiger charge is -1.99. The molecule has 2 aromatic heterocycles. The summed E-state index contributed by atoms with van der Waals surface area (Å²) in [4.78, 5) is 0. The van der Waals surface area contributed by atoms with Crippen LogP contribution in [0.3, 0.4) is 0 Å². The van der Waals surface area contributed by atoms with Crippen molar-refractivity contribution in [1.82, 2.24) is 14.8 Å². The lowest BCUT2D eigenvalue weighted by molar-refractivity contribution is 0.415. The van der Waals surface area contributed by atoms with Gasteiger partial charge in [-0.3, -0.25) is 0 Å². The number of rotatable bonds is 4. The fourth-order valence-corrected chi connectivity index (χ4v) is 2.46. The van der Waals surface area contributed by atoms with Gasteiger partial charge in [-0.2, -0.15) is 10.5 Å². The van der Waals surface area contributed by atoms with Gasteiger partial charge in [-0.05, 0) is 48.9 Å². The average Bonchev–Trinajstić information content (AvgIpc) is 3.26. The second-order valence-corrected chi connectivity index (χ2v) is 5.55. The van der Waals surface area contributed by atoms with Crippen molar-refractivity contribution in [3.8, 4) is 29.3 Å². The predicted molar refractivity (Wildman–Crippen MR) is 94.6 cm³/mol. The molecular weight excluding hydrogens is 330 g/mol. The van der Waals surface area contributed by atoms with Gasteiger partial charge in [-0.25, -0.2) is 0 Å². The summed E-state index contributed by atoms with van der Waals surface area (Å²) < 4.78 is 12.5. The van der Waals surface area contributed by atoms with E-state index in [0.29, 0.717) is 11.6 Å². The Morgan fingerprint density at radius 2 is 1.96 bits per heavy atom. The molecule has 7 nitrogen and oxygen atoms in total. The zero-order valence-corrected chi connectivity index (χ0v) is 14.5. The molecule has 128 valence electrons. The van der Waals surface area contributed by atoms with E-state index in [9.17, 15) is 5.26 Å². The third kappa shape index (κ3) is 3.06. The molecule has 2 heterocycles. The summed E-state index contributed by atoms with van der Waals surface area (Å²) in [5, 5.41) is 26.6. The van der Waals surface area contributed by atoms with Gasteiger partial charge < -0.3 is 13.7 Å². The molecule has 0 saturated carbocycles. The molecule has 0 amide bonds. The molecule has 1 aromatic carbocycles. The van der Waals surface area contributed by atoms with Gasteiger partial charge in [0.25, 0.3) is 5.89 Å². The van der Waals surface area contributed by atoms with Gasteiger partial charge in [0.15, 0.2) is 0 Å². The molecule has 0 radical (unpaired) electrons. The summed E-state index contributed by atoms with van der Waals surface area (Å²) in [5.41, 5.74) is 3.09. The minimum absolute atomic E-state index is 0.125. The number of allylic oxidation sites excluding steroid dienone is 1. The maximum absolute atomic E-state index is 9.48. The smallest absolute Gasteiger partial charge is 0.258 e. The van der Waals surface area contributed by atoms with E-state index < -0.39 is 0 Å². The van der Waals surface area contributed by atoms with Gasteiger partial charge in [0, 0.05) is 18.3 Å². The number of hydrogen-bond donors (Lipinski definition) is 0. The van der Waals surface area contributed by atoms with E-state index in [1.54, 1.807) is 55.1 Å². The van der Waals surface area contributed by atoms with Crippen LogP contribution in [0, 0.1) is 29.6 Å². The second kappa shape index (κ2) is 6.96. The van der Waals surface area contributed by atoms with E-state index >= 15 is 0 Å². The molecule has 7 heteroatoms. The zero-order chi connectivity index (χ0) is 18.7. The van der Waals surface area contributed by atoms with Crippen molar-refractivity contribution < 1.29 is 9.15 Å². The lowest BCUT2D eigenvalue weighted by Crippen LogP contribution is -1.93. The number of ether oxygens (including phenoxy) is 1. The highest BCUT2D eigenvalue weighted by Gasteiger charge is 2.15. The molecule has 0 saturated heterocycles. The van der Waals surface area contributed by atoms with E-state index in [1.165, 1.54) is 0 Å². The monoisotopic (exact) mass is 345 g/mol. The highest BCUT2D eigenvalue weighted by atomic mass is 16.5. The zero-order valence-electron chi connectivity index (χ0n) is 14.5. The van der Waals surface area contributed by atoms with E-state index in [0.717, 1.165) is 22.6 Å². The summed E-state index contributed by atoms with van der Waals surface area (Å²) in [6.45, 7) is 1.87. The van der Waals surface area contributed by atoms with Crippen molar-refractivity contribution in [2.45, 2.75) is 6.92 Å². The average molecular weight is 345 g/mol. The number of aromatic nitrogens is 3. The van der Waals surface area contributed by atoms with Gasteiger partial charge in [-0.15, -0.1) is 10.2 Å². The van der Waals surface area contributed by atoms with Gasteiger partial charge in [0.05, 0.1) is 7.11 Å². The first-order valence-corrected chi connectivity index (χ1v) is 7.74. The van der Waals surface area contributed by atoms with Crippen LogP contribution in [0.1, 0.15) is 22.8 Å². The van der Waals surface area contributed by atoms with Gasteiger partial charge in [0.2, 0.25) is 5.89 Å². The molecule has 0 aliphatic heterocycles. The van der Waals surface area contributed by atoms with Crippen molar-refractivity contribution in [3.05, 3.63) is 53.2 Å². The van der Waals surface area contributed by atoms with Crippen molar-refractivity contribution >= 4 is 11.6 Å². The first kappa shape index (κ1) is 17.0. The Morgan fingerprint density at radius 1 is 1.23 bits per heavy atom. The Balaban J connectivity index is 1.96. The van der Waals surface area contributed by atoms with E-state index in [2.05, 4.69) is 22.3 Å². The molecule has 0 spiro atoms. The van der Waals surface area contributed by atoms with Crippen LogP contribution in [0.25, 0.3) is 23.1 Å². The Kier molecular flexibility index (Phi) is 4.55. The second-order valence-electron chi connectivity index (χ2n) is 5.55. The third-order valence-electron chi connectivity index (χ3n) is 4.10. The molecule has 0 aliphatic rings. The standard InChI is InChI=1S/C19H15N5O2/c1-12-14(9-16(11-21)24(12)2)8-15(10-20)19-23-22-18(26-19)13-4-6-17(25-3)7-5-13/h4-9H,1-3H3. The number of benzene rings is 1. The summed E-state index contributed by atoms with van der Waals surface area (Å²) in [6, 6.07) is 13.1. The number of nitrogens with zero attached hydrogens (tertiary/aromatic N) is 5. The molecule has 3 aromatic rings. The largest absolute Gasteiger partial charge is 0.497 e. The number of nitriles is 2. The van der Waals surface area contributed by atoms with Crippen LogP contribution < -0.4 is 4.74 Å². The quantitative estimate of drug-likeness (QED) is 0.672. The van der Waals surface area contributed by atoms with Crippen LogP contribution in [0.15, 0.2) is 34.7 Å². The Bertz CT molecular complexity index is 1060. The predicted octanol–water partition coefficient (Wildman–Crippen LogP) is 3.33. The minimum atomic E-state index is 0.125. The first-order valence-electron chi connectivity index (χ1n) is 7.74. The fourth-order valence-electron chi connectivity index (χ4n) is 2.46. The highest BCUT2D eigenvalue weighted by Crippen LogP contribution is 2.25. The molecule has 0 unspecified atom stereocenters. The minimum Gasteiger partial charge on any atom is -0.497 e. The molecule has 26 heavy (non-hydrogen) atoms. The van der Waals surface area contributed by atoms with Crippen LogP contribution >= 0.6 is 0 Å². The Labute approximate surface area is 150 Å². The normalized spacial score (nSPS) is 11.0. The van der Waals surface area contributed by atoms with Crippen molar-refractivity contribution in [2.24, 2.45) is 7.05 Å². The summed E-state index contributed by atoms with van der Waals surface area (Å²) in [6.07, 6.45) is 1.64. The molecule has 0 N–H and O–H groups in total. The molecule has 0 bridgehead atoms. The summed E-state index contributed by atoms with van der Waals surface area (Å²) >= 11 is 0. The van der Waals surface area contributed by atoms with Crippen LogP contribution in [0.2, 0.25) is 0 Å². The SMILES string of the molecule is COc1ccc(-c2nnc(C(C#N)=Cc3cc(C#N)n(C)c3C)o2)cc1. The van der Waals surface area contributed by atoms with E-state index in [-0.39, 0.29) is 11.5 Å². The number of methoxy groups -OCH3 is 1. The fraction of sp³-hybridized carbons (Fsp3) is 0.158. The molecule has 3 rings (SSSR count). The van der Waals surface area contributed by atoms with Crippen LogP contribution in [-0.2, 0) is 7.05 Å². The summed E-state index contributed by atoms with van der Waals surface area (Å²) in [7, 11) is 3.39. The lowest BCUT2D eigenvalue weighted by atomic mass is 10.1. The first-order chi connectivity index (χ1) is 12.6. The van der Waals surface area contributed by atoms with Crippen LogP contribution in [0.4, 0.5) is 0 Å². The molecule has 0 aliphatic carbocycles. The van der Waals surface area contributed by atoms with Gasteiger partial charge in [0.1, 0.15) is 29.2 Å². The molecular formula is C19H15N5O2. The molecule has 0 atom stereocenters. The Hall–Kier alpha value is -3.84. The third-order valence-corrected chi connectivity index (χ3v) is 4.10. The van der Waals surface area contributed by atoms with Crippen molar-refractivity contribution in [3.63, 3.8) is 0 Å². The van der Waals surface area contributed by atoms with Gasteiger partial charge in [-0.1, -0.05) is 0 Å². The van der Waals surface area contributed by atoms with E-state index in [1.807, 2.05) is 6.92 Å².